The van der Waals surface area contributed by atoms with Gasteiger partial charge in [-0.2, -0.15) is 5.10 Å². The van der Waals surface area contributed by atoms with Crippen molar-refractivity contribution in [1.82, 2.24) is 10.2 Å². The van der Waals surface area contributed by atoms with Crippen LogP contribution in [-0.2, 0) is 0 Å². The molecule has 21 heavy (non-hydrogen) atoms. The molecule has 0 saturated carbocycles. The number of carboxylic acids is 1. The van der Waals surface area contributed by atoms with Gasteiger partial charge in [0.15, 0.2) is 5.82 Å². The van der Waals surface area contributed by atoms with Crippen molar-refractivity contribution in [3.05, 3.63) is 39.2 Å². The zero-order valence-corrected chi connectivity index (χ0v) is 13.4. The molecular weight excluding hydrogens is 286 g/mol. The molecule has 0 bridgehead atoms. The van der Waals surface area contributed by atoms with Crippen LogP contribution >= 0.6 is 11.3 Å². The molecule has 2 aromatic heterocycles. The highest BCUT2D eigenvalue weighted by molar-refractivity contribution is 7.10. The van der Waals surface area contributed by atoms with E-state index >= 15 is 0 Å². The minimum Gasteiger partial charge on any atom is -0.478 e. The van der Waals surface area contributed by atoms with Crippen LogP contribution in [0.3, 0.4) is 0 Å². The van der Waals surface area contributed by atoms with Gasteiger partial charge in [0.05, 0.1) is 11.7 Å². The summed E-state index contributed by atoms with van der Waals surface area (Å²) in [4.78, 5) is 12.7. The van der Waals surface area contributed by atoms with Gasteiger partial charge in [0.25, 0.3) is 0 Å². The molecule has 0 radical (unpaired) electrons. The van der Waals surface area contributed by atoms with Crippen LogP contribution in [0.15, 0.2) is 17.5 Å². The molecule has 1 atom stereocenters. The number of carboxylic acid groups (broad SMARTS) is 1. The molecule has 0 aliphatic heterocycles. The standard InChI is InChI=1S/C15H19N3O2S/c1-8(2)13(11-6-5-7-21-11)16-14-12(15(19)20)9(3)10(4)17-18-14/h5-8,13H,1-4H3,(H,16,18)(H,19,20). The van der Waals surface area contributed by atoms with Crippen molar-refractivity contribution in [2.45, 2.75) is 33.7 Å². The molecule has 2 aromatic rings. The summed E-state index contributed by atoms with van der Waals surface area (Å²) in [6.07, 6.45) is 0. The van der Waals surface area contributed by atoms with Crippen LogP contribution in [0.1, 0.15) is 46.4 Å². The minimum atomic E-state index is -0.985. The number of hydrogen-bond acceptors (Lipinski definition) is 5. The minimum absolute atomic E-state index is 0.0134. The predicted octanol–water partition coefficient (Wildman–Crippen LogP) is 3.66. The maximum Gasteiger partial charge on any atom is 0.339 e. The molecule has 0 aliphatic rings. The number of carbonyl (C=O) groups is 1. The fourth-order valence-electron chi connectivity index (χ4n) is 2.15. The van der Waals surface area contributed by atoms with Crippen molar-refractivity contribution in [3.8, 4) is 0 Å². The molecule has 0 amide bonds. The van der Waals surface area contributed by atoms with E-state index in [2.05, 4.69) is 29.4 Å². The van der Waals surface area contributed by atoms with E-state index < -0.39 is 5.97 Å². The van der Waals surface area contributed by atoms with Gasteiger partial charge in [0.1, 0.15) is 5.56 Å². The maximum absolute atomic E-state index is 11.5. The molecule has 1 unspecified atom stereocenters. The lowest BCUT2D eigenvalue weighted by atomic mass is 10.0. The molecule has 0 aromatic carbocycles. The Kier molecular flexibility index (Phi) is 4.57. The van der Waals surface area contributed by atoms with Crippen molar-refractivity contribution in [3.63, 3.8) is 0 Å². The second-order valence-corrected chi connectivity index (χ2v) is 6.30. The number of anilines is 1. The first-order valence-corrected chi connectivity index (χ1v) is 7.67. The predicted molar refractivity (Wildman–Crippen MR) is 84.0 cm³/mol. The second-order valence-electron chi connectivity index (χ2n) is 5.32. The molecule has 112 valence electrons. The van der Waals surface area contributed by atoms with E-state index in [1.54, 1.807) is 25.2 Å². The average Bonchev–Trinajstić information content (AvgIpc) is 2.92. The number of aromatic carboxylic acids is 1. The fourth-order valence-corrected chi connectivity index (χ4v) is 3.10. The highest BCUT2D eigenvalue weighted by atomic mass is 32.1. The van der Waals surface area contributed by atoms with Crippen LogP contribution in [-0.4, -0.2) is 21.3 Å². The Morgan fingerprint density at radius 1 is 1.33 bits per heavy atom. The normalized spacial score (nSPS) is 12.4. The summed E-state index contributed by atoms with van der Waals surface area (Å²) in [7, 11) is 0. The van der Waals surface area contributed by atoms with Gasteiger partial charge < -0.3 is 10.4 Å². The summed E-state index contributed by atoms with van der Waals surface area (Å²) in [5.74, 6) is -0.354. The van der Waals surface area contributed by atoms with E-state index in [0.717, 1.165) is 4.88 Å². The summed E-state index contributed by atoms with van der Waals surface area (Å²) in [6.45, 7) is 7.70. The topological polar surface area (TPSA) is 75.1 Å². The first-order chi connectivity index (χ1) is 9.91. The van der Waals surface area contributed by atoms with E-state index in [-0.39, 0.29) is 11.6 Å². The van der Waals surface area contributed by atoms with E-state index in [1.165, 1.54) is 0 Å². The van der Waals surface area contributed by atoms with Crippen molar-refractivity contribution in [1.29, 1.82) is 0 Å². The quantitative estimate of drug-likeness (QED) is 0.881. The Morgan fingerprint density at radius 3 is 2.57 bits per heavy atom. The number of nitrogens with one attached hydrogen (secondary N) is 1. The number of thiophene rings is 1. The number of rotatable bonds is 5. The molecule has 0 spiro atoms. The summed E-state index contributed by atoms with van der Waals surface area (Å²) in [5, 5.41) is 22.8. The summed E-state index contributed by atoms with van der Waals surface area (Å²) >= 11 is 1.64. The Hall–Kier alpha value is -1.95. The van der Waals surface area contributed by atoms with Crippen LogP contribution in [0.5, 0.6) is 0 Å². The molecular formula is C15H19N3O2S. The summed E-state index contributed by atoms with van der Waals surface area (Å²) < 4.78 is 0. The van der Waals surface area contributed by atoms with Crippen LogP contribution in [0.4, 0.5) is 5.82 Å². The van der Waals surface area contributed by atoms with Crippen molar-refractivity contribution in [2.75, 3.05) is 5.32 Å². The molecule has 0 saturated heterocycles. The maximum atomic E-state index is 11.5. The van der Waals surface area contributed by atoms with Crippen LogP contribution in [0.25, 0.3) is 0 Å². The van der Waals surface area contributed by atoms with Gasteiger partial charge in [-0.1, -0.05) is 19.9 Å². The first kappa shape index (κ1) is 15.4. The second kappa shape index (κ2) is 6.22. The number of hydrogen-bond donors (Lipinski definition) is 2. The Balaban J connectivity index is 2.42. The SMILES string of the molecule is Cc1nnc(NC(c2cccs2)C(C)C)c(C(=O)O)c1C. The number of nitrogens with zero attached hydrogens (tertiary/aromatic N) is 2. The third-order valence-electron chi connectivity index (χ3n) is 3.48. The Bertz CT molecular complexity index is 639. The lowest BCUT2D eigenvalue weighted by molar-refractivity contribution is 0.0696. The highest BCUT2D eigenvalue weighted by Crippen LogP contribution is 2.31. The smallest absolute Gasteiger partial charge is 0.339 e. The highest BCUT2D eigenvalue weighted by Gasteiger charge is 2.23. The van der Waals surface area contributed by atoms with Gasteiger partial charge in [0.2, 0.25) is 0 Å². The molecule has 5 nitrogen and oxygen atoms in total. The van der Waals surface area contributed by atoms with Gasteiger partial charge in [-0.15, -0.1) is 16.4 Å². The zero-order chi connectivity index (χ0) is 15.6. The molecule has 6 heteroatoms. The van der Waals surface area contributed by atoms with E-state index in [0.29, 0.717) is 23.0 Å². The van der Waals surface area contributed by atoms with Crippen LogP contribution < -0.4 is 5.32 Å². The average molecular weight is 305 g/mol. The van der Waals surface area contributed by atoms with Crippen LogP contribution in [0.2, 0.25) is 0 Å². The van der Waals surface area contributed by atoms with Crippen molar-refractivity contribution in [2.24, 2.45) is 5.92 Å². The van der Waals surface area contributed by atoms with Gasteiger partial charge in [-0.05, 0) is 36.8 Å². The molecule has 0 aliphatic carbocycles. The summed E-state index contributed by atoms with van der Waals surface area (Å²) in [6, 6.07) is 4.04. The van der Waals surface area contributed by atoms with E-state index in [9.17, 15) is 9.90 Å². The van der Waals surface area contributed by atoms with Gasteiger partial charge >= 0.3 is 5.97 Å². The van der Waals surface area contributed by atoms with Crippen LogP contribution in [0, 0.1) is 19.8 Å². The molecule has 2 rings (SSSR count). The first-order valence-electron chi connectivity index (χ1n) is 6.79. The van der Waals surface area contributed by atoms with Gasteiger partial charge in [-0.25, -0.2) is 4.79 Å². The van der Waals surface area contributed by atoms with Crippen molar-refractivity contribution < 1.29 is 9.90 Å². The third-order valence-corrected chi connectivity index (χ3v) is 4.43. The Labute approximate surface area is 128 Å². The lowest BCUT2D eigenvalue weighted by Crippen LogP contribution is -2.20. The molecule has 0 fully saturated rings. The summed E-state index contributed by atoms with van der Waals surface area (Å²) in [5.41, 5.74) is 1.48. The Morgan fingerprint density at radius 2 is 2.05 bits per heavy atom. The largest absolute Gasteiger partial charge is 0.478 e. The third kappa shape index (κ3) is 3.21. The number of aromatic nitrogens is 2. The zero-order valence-electron chi connectivity index (χ0n) is 12.5. The van der Waals surface area contributed by atoms with Gasteiger partial charge in [0, 0.05) is 4.88 Å². The monoisotopic (exact) mass is 305 g/mol. The van der Waals surface area contributed by atoms with Crippen molar-refractivity contribution >= 4 is 23.1 Å². The molecule has 2 N–H and O–H groups in total. The molecule has 2 heterocycles. The van der Waals surface area contributed by atoms with E-state index in [4.69, 9.17) is 0 Å². The lowest BCUT2D eigenvalue weighted by Gasteiger charge is -2.23. The fraction of sp³-hybridized carbons (Fsp3) is 0.400. The van der Waals surface area contributed by atoms with E-state index in [1.807, 2.05) is 17.5 Å². The number of aryl methyl sites for hydroxylation is 1. The van der Waals surface area contributed by atoms with Gasteiger partial charge in [-0.3, -0.25) is 0 Å².